The van der Waals surface area contributed by atoms with E-state index in [4.69, 9.17) is 0 Å². The van der Waals surface area contributed by atoms with Gasteiger partial charge in [0.15, 0.2) is 0 Å². The Morgan fingerprint density at radius 2 is 2.47 bits per heavy atom. The van der Waals surface area contributed by atoms with Crippen molar-refractivity contribution in [3.05, 3.63) is 23.6 Å². The van der Waals surface area contributed by atoms with Crippen molar-refractivity contribution in [1.29, 1.82) is 0 Å². The fourth-order valence-electron chi connectivity index (χ4n) is 2.03. The van der Waals surface area contributed by atoms with Crippen LogP contribution < -0.4 is 10.6 Å². The van der Waals surface area contributed by atoms with Crippen molar-refractivity contribution in [2.45, 2.75) is 25.0 Å². The van der Waals surface area contributed by atoms with E-state index in [0.717, 1.165) is 18.4 Å². The fraction of sp³-hybridized carbons (Fsp3) is 0.538. The lowest BCUT2D eigenvalue weighted by Gasteiger charge is -2.12. The quantitative estimate of drug-likeness (QED) is 0.870. The fourth-order valence-corrected chi connectivity index (χ4v) is 3.23. The summed E-state index contributed by atoms with van der Waals surface area (Å²) in [4.78, 5) is 16.0. The molecule has 104 valence electrons. The third-order valence-corrected chi connectivity index (χ3v) is 4.36. The molecule has 19 heavy (non-hydrogen) atoms. The van der Waals surface area contributed by atoms with Gasteiger partial charge in [0, 0.05) is 18.3 Å². The summed E-state index contributed by atoms with van der Waals surface area (Å²) in [5, 5.41) is 6.31. The first-order valence-electron chi connectivity index (χ1n) is 6.50. The van der Waals surface area contributed by atoms with Crippen molar-refractivity contribution >= 4 is 23.5 Å². The highest BCUT2D eigenvalue weighted by atomic mass is 32.2. The Morgan fingerprint density at radius 3 is 3.16 bits per heavy atom. The van der Waals surface area contributed by atoms with Crippen LogP contribution in [-0.2, 0) is 0 Å². The number of halogens is 1. The summed E-state index contributed by atoms with van der Waals surface area (Å²) in [5.74, 6) is 0.822. The van der Waals surface area contributed by atoms with Crippen LogP contribution in [0.4, 0.5) is 10.2 Å². The van der Waals surface area contributed by atoms with Crippen molar-refractivity contribution in [2.75, 3.05) is 24.2 Å². The highest BCUT2D eigenvalue weighted by molar-refractivity contribution is 8.00. The SMILES string of the molecule is CCNc1ncc(F)cc1C(=O)NCC1CCCS1. The monoisotopic (exact) mass is 283 g/mol. The molecule has 0 aliphatic carbocycles. The minimum absolute atomic E-state index is 0.268. The van der Waals surface area contributed by atoms with E-state index >= 15 is 0 Å². The number of carbonyl (C=O) groups is 1. The highest BCUT2D eigenvalue weighted by Crippen LogP contribution is 2.25. The molecule has 2 N–H and O–H groups in total. The van der Waals surface area contributed by atoms with E-state index in [9.17, 15) is 9.18 Å². The summed E-state index contributed by atoms with van der Waals surface area (Å²) in [5.41, 5.74) is 0.268. The number of amides is 1. The first-order chi connectivity index (χ1) is 9.20. The van der Waals surface area contributed by atoms with Gasteiger partial charge in [-0.1, -0.05) is 0 Å². The Bertz CT molecular complexity index is 450. The minimum atomic E-state index is -0.498. The highest BCUT2D eigenvalue weighted by Gasteiger charge is 2.18. The summed E-state index contributed by atoms with van der Waals surface area (Å²) in [6, 6.07) is 1.22. The Balaban J connectivity index is 2.02. The largest absolute Gasteiger partial charge is 0.370 e. The van der Waals surface area contributed by atoms with Crippen LogP contribution in [0.1, 0.15) is 30.1 Å². The van der Waals surface area contributed by atoms with Gasteiger partial charge in [-0.05, 0) is 31.6 Å². The van der Waals surface area contributed by atoms with Crippen LogP contribution in [0.5, 0.6) is 0 Å². The maximum atomic E-state index is 13.2. The summed E-state index contributed by atoms with van der Waals surface area (Å²) >= 11 is 1.88. The minimum Gasteiger partial charge on any atom is -0.370 e. The molecule has 2 rings (SSSR count). The van der Waals surface area contributed by atoms with Crippen molar-refractivity contribution in [3.63, 3.8) is 0 Å². The molecule has 1 amide bonds. The average Bonchev–Trinajstić information content (AvgIpc) is 2.91. The van der Waals surface area contributed by atoms with Gasteiger partial charge < -0.3 is 10.6 Å². The van der Waals surface area contributed by atoms with Crippen molar-refractivity contribution < 1.29 is 9.18 Å². The molecular formula is C13H18FN3OS. The Hall–Kier alpha value is -1.30. The van der Waals surface area contributed by atoms with Gasteiger partial charge in [-0.3, -0.25) is 4.79 Å². The summed E-state index contributed by atoms with van der Waals surface area (Å²) in [6.07, 6.45) is 3.45. The number of hydrogen-bond acceptors (Lipinski definition) is 4. The zero-order chi connectivity index (χ0) is 13.7. The van der Waals surface area contributed by atoms with E-state index in [1.807, 2.05) is 18.7 Å². The molecule has 0 aromatic carbocycles. The Labute approximate surface area is 116 Å². The second-order valence-corrected chi connectivity index (χ2v) is 5.83. The Kier molecular flexibility index (Phi) is 5.01. The molecule has 1 atom stereocenters. The van der Waals surface area contributed by atoms with Gasteiger partial charge in [0.2, 0.25) is 0 Å². The van der Waals surface area contributed by atoms with Crippen LogP contribution in [0.3, 0.4) is 0 Å². The molecule has 6 heteroatoms. The molecule has 1 saturated heterocycles. The van der Waals surface area contributed by atoms with Crippen molar-refractivity contribution in [2.24, 2.45) is 0 Å². The second kappa shape index (κ2) is 6.75. The molecule has 0 spiro atoms. The lowest BCUT2D eigenvalue weighted by atomic mass is 10.2. The molecule has 1 fully saturated rings. The van der Waals surface area contributed by atoms with E-state index in [-0.39, 0.29) is 11.5 Å². The maximum Gasteiger partial charge on any atom is 0.255 e. The summed E-state index contributed by atoms with van der Waals surface area (Å²) < 4.78 is 13.2. The standard InChI is InChI=1S/C13H18FN3OS/c1-2-15-12-11(6-9(14)7-16-12)13(18)17-8-10-4-3-5-19-10/h6-7,10H,2-5,8H2,1H3,(H,15,16)(H,17,18). The number of anilines is 1. The molecule has 0 bridgehead atoms. The molecule has 4 nitrogen and oxygen atoms in total. The van der Waals surface area contributed by atoms with Crippen LogP contribution in [0, 0.1) is 5.82 Å². The topological polar surface area (TPSA) is 54.0 Å². The lowest BCUT2D eigenvalue weighted by molar-refractivity contribution is 0.0953. The molecule has 1 aliphatic heterocycles. The number of hydrogen-bond donors (Lipinski definition) is 2. The van der Waals surface area contributed by atoms with E-state index < -0.39 is 5.82 Å². The van der Waals surface area contributed by atoms with Crippen LogP contribution >= 0.6 is 11.8 Å². The zero-order valence-corrected chi connectivity index (χ0v) is 11.7. The number of carbonyl (C=O) groups excluding carboxylic acids is 1. The van der Waals surface area contributed by atoms with Gasteiger partial charge in [0.05, 0.1) is 11.8 Å². The number of nitrogens with zero attached hydrogens (tertiary/aromatic N) is 1. The van der Waals surface area contributed by atoms with Gasteiger partial charge in [-0.2, -0.15) is 11.8 Å². The van der Waals surface area contributed by atoms with Crippen LogP contribution in [0.15, 0.2) is 12.3 Å². The predicted molar refractivity (Wildman–Crippen MR) is 76.2 cm³/mol. The number of aromatic nitrogens is 1. The smallest absolute Gasteiger partial charge is 0.255 e. The molecule has 1 aliphatic rings. The lowest BCUT2D eigenvalue weighted by Crippen LogP contribution is -2.30. The number of pyridine rings is 1. The second-order valence-electron chi connectivity index (χ2n) is 4.43. The predicted octanol–water partition coefficient (Wildman–Crippen LogP) is 2.28. The van der Waals surface area contributed by atoms with Crippen LogP contribution in [-0.4, -0.2) is 35.0 Å². The van der Waals surface area contributed by atoms with Crippen molar-refractivity contribution in [1.82, 2.24) is 10.3 Å². The van der Waals surface area contributed by atoms with Gasteiger partial charge >= 0.3 is 0 Å². The van der Waals surface area contributed by atoms with E-state index in [1.165, 1.54) is 12.5 Å². The molecule has 1 aromatic heterocycles. The normalized spacial score (nSPS) is 18.3. The number of rotatable bonds is 5. The maximum absolute atomic E-state index is 13.2. The third-order valence-electron chi connectivity index (χ3n) is 2.96. The van der Waals surface area contributed by atoms with Gasteiger partial charge in [0.1, 0.15) is 11.6 Å². The molecular weight excluding hydrogens is 265 g/mol. The summed E-state index contributed by atoms with van der Waals surface area (Å²) in [6.45, 7) is 3.17. The average molecular weight is 283 g/mol. The van der Waals surface area contributed by atoms with Crippen molar-refractivity contribution in [3.8, 4) is 0 Å². The Morgan fingerprint density at radius 1 is 1.63 bits per heavy atom. The van der Waals surface area contributed by atoms with Gasteiger partial charge in [-0.15, -0.1) is 0 Å². The first kappa shape index (κ1) is 14.1. The molecule has 1 aromatic rings. The zero-order valence-electron chi connectivity index (χ0n) is 10.9. The van der Waals surface area contributed by atoms with Crippen LogP contribution in [0.25, 0.3) is 0 Å². The number of nitrogens with one attached hydrogen (secondary N) is 2. The number of thioether (sulfide) groups is 1. The van der Waals surface area contributed by atoms with Crippen LogP contribution in [0.2, 0.25) is 0 Å². The molecule has 0 radical (unpaired) electrons. The van der Waals surface area contributed by atoms with Gasteiger partial charge in [0.25, 0.3) is 5.91 Å². The third kappa shape index (κ3) is 3.83. The molecule has 0 saturated carbocycles. The molecule has 2 heterocycles. The van der Waals surface area contributed by atoms with Gasteiger partial charge in [-0.25, -0.2) is 9.37 Å². The van der Waals surface area contributed by atoms with E-state index in [2.05, 4.69) is 15.6 Å². The van der Waals surface area contributed by atoms with E-state index in [0.29, 0.717) is 24.2 Å². The molecule has 1 unspecified atom stereocenters. The van der Waals surface area contributed by atoms with E-state index in [1.54, 1.807) is 0 Å². The first-order valence-corrected chi connectivity index (χ1v) is 7.54. The summed E-state index contributed by atoms with van der Waals surface area (Å²) in [7, 11) is 0.